The van der Waals surface area contributed by atoms with Crippen molar-refractivity contribution in [2.24, 2.45) is 0 Å². The third-order valence-electron chi connectivity index (χ3n) is 4.62. The molecule has 0 bridgehead atoms. The van der Waals surface area contributed by atoms with Gasteiger partial charge >= 0.3 is 6.03 Å². The van der Waals surface area contributed by atoms with Crippen molar-refractivity contribution in [2.75, 3.05) is 32.7 Å². The number of amides is 2. The van der Waals surface area contributed by atoms with E-state index in [9.17, 15) is 4.79 Å². The van der Waals surface area contributed by atoms with E-state index in [0.29, 0.717) is 12.6 Å². The number of aryl methyl sites for hydroxylation is 1. The number of nitrogens with zero attached hydrogens (tertiary/aromatic N) is 3. The highest BCUT2D eigenvalue weighted by molar-refractivity contribution is 7.09. The molecule has 5 nitrogen and oxygen atoms in total. The fraction of sp³-hybridized carbons (Fsp3) is 0.750. The van der Waals surface area contributed by atoms with Crippen LogP contribution in [0.2, 0.25) is 0 Å². The highest BCUT2D eigenvalue weighted by Gasteiger charge is 2.29. The first kappa shape index (κ1) is 15.7. The van der Waals surface area contributed by atoms with E-state index < -0.39 is 0 Å². The Balaban J connectivity index is 1.43. The van der Waals surface area contributed by atoms with Crippen LogP contribution in [0.5, 0.6) is 0 Å². The van der Waals surface area contributed by atoms with Gasteiger partial charge in [0.2, 0.25) is 0 Å². The highest BCUT2D eigenvalue weighted by atomic mass is 32.1. The maximum Gasteiger partial charge on any atom is 0.317 e. The number of carbonyl (C=O) groups excluding carboxylic acids is 1. The van der Waals surface area contributed by atoms with Gasteiger partial charge in [-0.3, -0.25) is 4.90 Å². The van der Waals surface area contributed by atoms with Gasteiger partial charge in [-0.1, -0.05) is 0 Å². The van der Waals surface area contributed by atoms with E-state index in [-0.39, 0.29) is 6.03 Å². The fourth-order valence-electron chi connectivity index (χ4n) is 3.45. The van der Waals surface area contributed by atoms with Gasteiger partial charge in [0.25, 0.3) is 0 Å². The molecule has 122 valence electrons. The lowest BCUT2D eigenvalue weighted by Crippen LogP contribution is -2.52. The standard InChI is InChI=1S/C16H26N4OS/c1-13-12-22-15(18-13)6-7-17-16(21)20-10-4-5-14(11-20)19-8-2-3-9-19/h12,14H,2-11H2,1H3,(H,17,21)/t14-/m0/s1. The topological polar surface area (TPSA) is 48.5 Å². The molecule has 3 heterocycles. The predicted molar refractivity (Wildman–Crippen MR) is 89.4 cm³/mol. The largest absolute Gasteiger partial charge is 0.338 e. The van der Waals surface area contributed by atoms with E-state index in [2.05, 4.69) is 20.6 Å². The zero-order valence-electron chi connectivity index (χ0n) is 13.4. The molecule has 2 amide bonds. The van der Waals surface area contributed by atoms with Crippen LogP contribution in [0.3, 0.4) is 0 Å². The average Bonchev–Trinajstić information content (AvgIpc) is 3.19. The number of hydrogen-bond donors (Lipinski definition) is 1. The van der Waals surface area contributed by atoms with Crippen LogP contribution in [0.1, 0.15) is 36.4 Å². The summed E-state index contributed by atoms with van der Waals surface area (Å²) in [4.78, 5) is 21.3. The number of urea groups is 1. The Morgan fingerprint density at radius 1 is 1.36 bits per heavy atom. The van der Waals surface area contributed by atoms with E-state index in [1.165, 1.54) is 32.4 Å². The maximum absolute atomic E-state index is 12.3. The van der Waals surface area contributed by atoms with Crippen molar-refractivity contribution in [3.8, 4) is 0 Å². The van der Waals surface area contributed by atoms with E-state index >= 15 is 0 Å². The van der Waals surface area contributed by atoms with Crippen molar-refractivity contribution < 1.29 is 4.79 Å². The third-order valence-corrected chi connectivity index (χ3v) is 5.65. The summed E-state index contributed by atoms with van der Waals surface area (Å²) in [6, 6.07) is 0.667. The Labute approximate surface area is 136 Å². The Hall–Kier alpha value is -1.14. The lowest BCUT2D eigenvalue weighted by Gasteiger charge is -2.37. The number of thiazole rings is 1. The Kier molecular flexibility index (Phi) is 5.31. The molecule has 1 atom stereocenters. The van der Waals surface area contributed by atoms with Crippen LogP contribution in [0, 0.1) is 6.92 Å². The van der Waals surface area contributed by atoms with Gasteiger partial charge in [-0.25, -0.2) is 9.78 Å². The lowest BCUT2D eigenvalue weighted by molar-refractivity contribution is 0.125. The number of nitrogens with one attached hydrogen (secondary N) is 1. The van der Waals surface area contributed by atoms with Crippen LogP contribution in [0.4, 0.5) is 4.79 Å². The first-order valence-corrected chi connectivity index (χ1v) is 9.28. The summed E-state index contributed by atoms with van der Waals surface area (Å²) in [5.41, 5.74) is 1.07. The minimum atomic E-state index is 0.0946. The van der Waals surface area contributed by atoms with E-state index in [1.807, 2.05) is 11.8 Å². The monoisotopic (exact) mass is 322 g/mol. The van der Waals surface area contributed by atoms with Gasteiger partial charge in [0, 0.05) is 43.2 Å². The quantitative estimate of drug-likeness (QED) is 0.925. The molecule has 0 aliphatic carbocycles. The molecule has 2 aliphatic rings. The summed E-state index contributed by atoms with van der Waals surface area (Å²) in [5.74, 6) is 0. The summed E-state index contributed by atoms with van der Waals surface area (Å²) >= 11 is 1.67. The Bertz CT molecular complexity index is 498. The predicted octanol–water partition coefficient (Wildman–Crippen LogP) is 2.26. The first-order valence-electron chi connectivity index (χ1n) is 8.40. The maximum atomic E-state index is 12.3. The average molecular weight is 322 g/mol. The van der Waals surface area contributed by atoms with Crippen LogP contribution in [0.25, 0.3) is 0 Å². The number of likely N-dealkylation sites (tertiary alicyclic amines) is 2. The van der Waals surface area contributed by atoms with Crippen molar-refractivity contribution >= 4 is 17.4 Å². The Morgan fingerprint density at radius 3 is 2.91 bits per heavy atom. The van der Waals surface area contributed by atoms with Gasteiger partial charge in [-0.05, 0) is 45.7 Å². The lowest BCUT2D eigenvalue weighted by atomic mass is 10.0. The molecule has 3 rings (SSSR count). The highest BCUT2D eigenvalue weighted by Crippen LogP contribution is 2.20. The van der Waals surface area contributed by atoms with Crippen LogP contribution in [-0.4, -0.2) is 59.6 Å². The molecule has 2 saturated heterocycles. The molecule has 1 N–H and O–H groups in total. The van der Waals surface area contributed by atoms with Gasteiger partial charge in [-0.15, -0.1) is 11.3 Å². The zero-order valence-corrected chi connectivity index (χ0v) is 14.2. The molecular weight excluding hydrogens is 296 g/mol. The molecule has 22 heavy (non-hydrogen) atoms. The first-order chi connectivity index (χ1) is 10.7. The van der Waals surface area contributed by atoms with Gasteiger partial charge < -0.3 is 10.2 Å². The van der Waals surface area contributed by atoms with Crippen LogP contribution in [0.15, 0.2) is 5.38 Å². The molecule has 1 aromatic heterocycles. The summed E-state index contributed by atoms with van der Waals surface area (Å²) in [6.07, 6.45) is 5.82. The summed E-state index contributed by atoms with van der Waals surface area (Å²) < 4.78 is 0. The molecule has 2 aliphatic heterocycles. The molecule has 0 radical (unpaired) electrons. The molecule has 6 heteroatoms. The molecule has 0 saturated carbocycles. The molecule has 1 aromatic rings. The fourth-order valence-corrected chi connectivity index (χ4v) is 4.23. The smallest absolute Gasteiger partial charge is 0.317 e. The molecule has 0 unspecified atom stereocenters. The van der Waals surface area contributed by atoms with E-state index in [1.54, 1.807) is 11.3 Å². The molecular formula is C16H26N4OS. The summed E-state index contributed by atoms with van der Waals surface area (Å²) in [6.45, 7) is 6.89. The number of carbonyl (C=O) groups is 1. The minimum absolute atomic E-state index is 0.0946. The van der Waals surface area contributed by atoms with E-state index in [0.717, 1.165) is 36.6 Å². The molecule has 0 aromatic carbocycles. The van der Waals surface area contributed by atoms with Crippen molar-refractivity contribution in [1.82, 2.24) is 20.1 Å². The number of piperidine rings is 1. The van der Waals surface area contributed by atoms with Crippen molar-refractivity contribution in [3.63, 3.8) is 0 Å². The van der Waals surface area contributed by atoms with Crippen LogP contribution >= 0.6 is 11.3 Å². The summed E-state index contributed by atoms with van der Waals surface area (Å²) in [7, 11) is 0. The van der Waals surface area contributed by atoms with Gasteiger partial charge in [-0.2, -0.15) is 0 Å². The second-order valence-electron chi connectivity index (χ2n) is 6.35. The zero-order chi connectivity index (χ0) is 15.4. The van der Waals surface area contributed by atoms with Gasteiger partial charge in [0.1, 0.15) is 0 Å². The SMILES string of the molecule is Cc1csc(CCNC(=O)N2CCC[C@H](N3CCCC3)C2)n1. The van der Waals surface area contributed by atoms with Crippen LogP contribution in [-0.2, 0) is 6.42 Å². The Morgan fingerprint density at radius 2 is 2.18 bits per heavy atom. The summed E-state index contributed by atoms with van der Waals surface area (Å²) in [5, 5.41) is 6.22. The number of hydrogen-bond acceptors (Lipinski definition) is 4. The second kappa shape index (κ2) is 7.42. The molecule has 0 spiro atoms. The minimum Gasteiger partial charge on any atom is -0.338 e. The number of rotatable bonds is 4. The number of aromatic nitrogens is 1. The van der Waals surface area contributed by atoms with Crippen molar-refractivity contribution in [1.29, 1.82) is 0 Å². The van der Waals surface area contributed by atoms with Crippen LogP contribution < -0.4 is 5.32 Å². The van der Waals surface area contributed by atoms with Gasteiger partial charge in [0.15, 0.2) is 0 Å². The normalized spacial score (nSPS) is 23.0. The van der Waals surface area contributed by atoms with Gasteiger partial charge in [0.05, 0.1) is 5.01 Å². The third kappa shape index (κ3) is 3.98. The second-order valence-corrected chi connectivity index (χ2v) is 7.29. The van der Waals surface area contributed by atoms with Crippen molar-refractivity contribution in [3.05, 3.63) is 16.1 Å². The van der Waals surface area contributed by atoms with Crippen molar-refractivity contribution in [2.45, 2.75) is 45.1 Å². The molecule has 2 fully saturated rings. The van der Waals surface area contributed by atoms with E-state index in [4.69, 9.17) is 0 Å².